The van der Waals surface area contributed by atoms with Gasteiger partial charge in [0.25, 0.3) is 5.91 Å². The molecule has 7 heteroatoms. The van der Waals surface area contributed by atoms with Gasteiger partial charge < -0.3 is 10.0 Å². The summed E-state index contributed by atoms with van der Waals surface area (Å²) in [4.78, 5) is 24.8. The first-order valence-corrected chi connectivity index (χ1v) is 7.52. The van der Waals surface area contributed by atoms with Crippen molar-refractivity contribution in [1.29, 1.82) is 0 Å². The van der Waals surface area contributed by atoms with Gasteiger partial charge in [-0.3, -0.25) is 4.79 Å². The lowest BCUT2D eigenvalue weighted by Gasteiger charge is -2.32. The Hall–Kier alpha value is -1.08. The molecule has 0 radical (unpaired) electrons. The lowest BCUT2D eigenvalue weighted by Crippen LogP contribution is -2.50. The van der Waals surface area contributed by atoms with E-state index in [9.17, 15) is 14.0 Å². The van der Waals surface area contributed by atoms with E-state index in [0.29, 0.717) is 18.1 Å². The second-order valence-electron chi connectivity index (χ2n) is 4.03. The molecule has 1 aliphatic heterocycles. The molecule has 1 heterocycles. The van der Waals surface area contributed by atoms with Crippen LogP contribution in [0.2, 0.25) is 0 Å². The third-order valence-corrected chi connectivity index (χ3v) is 4.69. The van der Waals surface area contributed by atoms with Gasteiger partial charge in [0.2, 0.25) is 0 Å². The molecule has 4 nitrogen and oxygen atoms in total. The SMILES string of the molecule is O=C(O)C1CSCCN1C(=O)c1cccc(F)c1Br. The van der Waals surface area contributed by atoms with Gasteiger partial charge in [-0.05, 0) is 28.1 Å². The zero-order chi connectivity index (χ0) is 14.0. The molecule has 1 amide bonds. The number of hydrogen-bond donors (Lipinski definition) is 1. The number of rotatable bonds is 2. The molecule has 1 atom stereocenters. The lowest BCUT2D eigenvalue weighted by atomic mass is 10.1. The number of nitrogens with zero attached hydrogens (tertiary/aromatic N) is 1. The summed E-state index contributed by atoms with van der Waals surface area (Å²) in [7, 11) is 0. The number of hydrogen-bond acceptors (Lipinski definition) is 3. The normalized spacial score (nSPS) is 19.3. The van der Waals surface area contributed by atoms with Crippen LogP contribution in [0.4, 0.5) is 4.39 Å². The van der Waals surface area contributed by atoms with Crippen molar-refractivity contribution in [2.45, 2.75) is 6.04 Å². The Balaban J connectivity index is 2.31. The van der Waals surface area contributed by atoms with E-state index in [2.05, 4.69) is 15.9 Å². The average molecular weight is 348 g/mol. The Labute approximate surface area is 122 Å². The first kappa shape index (κ1) is 14.3. The molecule has 0 spiro atoms. The standard InChI is InChI=1S/C12H11BrFNO3S/c13-10-7(2-1-3-8(10)14)11(16)15-4-5-19-6-9(15)12(17)18/h1-3,9H,4-6H2,(H,17,18). The zero-order valence-electron chi connectivity index (χ0n) is 9.81. The summed E-state index contributed by atoms with van der Waals surface area (Å²) < 4.78 is 13.5. The highest BCUT2D eigenvalue weighted by Crippen LogP contribution is 2.25. The number of aliphatic carboxylic acids is 1. The summed E-state index contributed by atoms with van der Waals surface area (Å²) in [6.07, 6.45) is 0. The first-order valence-electron chi connectivity index (χ1n) is 5.58. The van der Waals surface area contributed by atoms with Crippen LogP contribution in [0, 0.1) is 5.82 Å². The predicted octanol–water partition coefficient (Wildman–Crippen LogP) is 2.23. The maximum Gasteiger partial charge on any atom is 0.327 e. The molecule has 102 valence electrons. The molecule has 0 aromatic heterocycles. The van der Waals surface area contributed by atoms with Crippen molar-refractivity contribution in [1.82, 2.24) is 4.90 Å². The summed E-state index contributed by atoms with van der Waals surface area (Å²) in [6.45, 7) is 0.351. The third-order valence-electron chi connectivity index (χ3n) is 2.86. The second kappa shape index (κ2) is 5.92. The third kappa shape index (κ3) is 2.92. The first-order chi connectivity index (χ1) is 9.02. The monoisotopic (exact) mass is 347 g/mol. The molecule has 1 N–H and O–H groups in total. The van der Waals surface area contributed by atoms with Crippen molar-refractivity contribution in [3.8, 4) is 0 Å². The summed E-state index contributed by atoms with van der Waals surface area (Å²) in [5, 5.41) is 9.14. The zero-order valence-corrected chi connectivity index (χ0v) is 12.2. The van der Waals surface area contributed by atoms with Crippen molar-refractivity contribution in [2.75, 3.05) is 18.1 Å². The smallest absolute Gasteiger partial charge is 0.327 e. The quantitative estimate of drug-likeness (QED) is 0.891. The molecule has 1 unspecified atom stereocenters. The predicted molar refractivity (Wildman–Crippen MR) is 73.9 cm³/mol. The van der Waals surface area contributed by atoms with E-state index in [4.69, 9.17) is 5.11 Å². The van der Waals surface area contributed by atoms with Gasteiger partial charge >= 0.3 is 5.97 Å². The maximum atomic E-state index is 13.4. The van der Waals surface area contributed by atoms with Crippen LogP contribution >= 0.6 is 27.7 Å². The molecular formula is C12H11BrFNO3S. The fraction of sp³-hybridized carbons (Fsp3) is 0.333. The van der Waals surface area contributed by atoms with Crippen LogP contribution in [0.25, 0.3) is 0 Å². The Morgan fingerprint density at radius 1 is 1.47 bits per heavy atom. The highest BCUT2D eigenvalue weighted by atomic mass is 79.9. The van der Waals surface area contributed by atoms with Crippen LogP contribution in [0.15, 0.2) is 22.7 Å². The highest BCUT2D eigenvalue weighted by Gasteiger charge is 2.33. The summed E-state index contributed by atoms with van der Waals surface area (Å²) in [5.74, 6) is -0.993. The summed E-state index contributed by atoms with van der Waals surface area (Å²) >= 11 is 4.52. The molecule has 0 saturated carbocycles. The van der Waals surface area contributed by atoms with E-state index in [1.54, 1.807) is 0 Å². The van der Waals surface area contributed by atoms with Crippen LogP contribution in [0.5, 0.6) is 0 Å². The number of halogens is 2. The molecule has 1 saturated heterocycles. The molecule has 0 bridgehead atoms. The molecule has 1 aliphatic rings. The molecular weight excluding hydrogens is 337 g/mol. The number of carbonyl (C=O) groups is 2. The minimum atomic E-state index is -1.03. The fourth-order valence-electron chi connectivity index (χ4n) is 1.88. The number of benzene rings is 1. The molecule has 1 fully saturated rings. The van der Waals surface area contributed by atoms with Gasteiger partial charge in [0.15, 0.2) is 0 Å². The number of amides is 1. The van der Waals surface area contributed by atoms with Gasteiger partial charge in [-0.15, -0.1) is 0 Å². The molecule has 0 aliphatic carbocycles. The number of carbonyl (C=O) groups excluding carboxylic acids is 1. The van der Waals surface area contributed by atoms with Crippen LogP contribution in [0.1, 0.15) is 10.4 Å². The van der Waals surface area contributed by atoms with E-state index >= 15 is 0 Å². The van der Waals surface area contributed by atoms with Crippen molar-refractivity contribution in [2.24, 2.45) is 0 Å². The Kier molecular flexibility index (Phi) is 4.46. The van der Waals surface area contributed by atoms with E-state index in [-0.39, 0.29) is 10.0 Å². The van der Waals surface area contributed by atoms with E-state index in [1.807, 2.05) is 0 Å². The average Bonchev–Trinajstić information content (AvgIpc) is 2.41. The molecule has 2 rings (SSSR count). The summed E-state index contributed by atoms with van der Waals surface area (Å²) in [6, 6.07) is 3.29. The van der Waals surface area contributed by atoms with Gasteiger partial charge in [-0.1, -0.05) is 6.07 Å². The number of carboxylic acid groups (broad SMARTS) is 1. The minimum absolute atomic E-state index is 0.0716. The van der Waals surface area contributed by atoms with E-state index in [1.165, 1.54) is 34.9 Å². The van der Waals surface area contributed by atoms with Gasteiger partial charge in [0.1, 0.15) is 11.9 Å². The highest BCUT2D eigenvalue weighted by molar-refractivity contribution is 9.10. The van der Waals surface area contributed by atoms with Crippen LogP contribution in [-0.4, -0.2) is 46.0 Å². The largest absolute Gasteiger partial charge is 0.480 e. The van der Waals surface area contributed by atoms with Crippen molar-refractivity contribution < 1.29 is 19.1 Å². The van der Waals surface area contributed by atoms with E-state index < -0.39 is 23.7 Å². The lowest BCUT2D eigenvalue weighted by molar-refractivity contribution is -0.141. The van der Waals surface area contributed by atoms with Crippen LogP contribution in [0.3, 0.4) is 0 Å². The maximum absolute atomic E-state index is 13.4. The number of carboxylic acids is 1. The Morgan fingerprint density at radius 3 is 2.89 bits per heavy atom. The van der Waals surface area contributed by atoms with Gasteiger partial charge in [-0.25, -0.2) is 9.18 Å². The number of thioether (sulfide) groups is 1. The van der Waals surface area contributed by atoms with Crippen LogP contribution < -0.4 is 0 Å². The van der Waals surface area contributed by atoms with Crippen molar-refractivity contribution in [3.63, 3.8) is 0 Å². The topological polar surface area (TPSA) is 57.6 Å². The minimum Gasteiger partial charge on any atom is -0.480 e. The van der Waals surface area contributed by atoms with Gasteiger partial charge in [0, 0.05) is 18.1 Å². The summed E-state index contributed by atoms with van der Waals surface area (Å²) in [5.41, 5.74) is 0.151. The Morgan fingerprint density at radius 2 is 2.21 bits per heavy atom. The van der Waals surface area contributed by atoms with Crippen LogP contribution in [-0.2, 0) is 4.79 Å². The van der Waals surface area contributed by atoms with Gasteiger partial charge in [-0.2, -0.15) is 11.8 Å². The van der Waals surface area contributed by atoms with Crippen molar-refractivity contribution >= 4 is 39.6 Å². The van der Waals surface area contributed by atoms with Gasteiger partial charge in [0.05, 0.1) is 10.0 Å². The Bertz CT molecular complexity index is 526. The van der Waals surface area contributed by atoms with E-state index in [0.717, 1.165) is 0 Å². The fourth-order valence-corrected chi connectivity index (χ4v) is 3.35. The molecule has 1 aromatic rings. The van der Waals surface area contributed by atoms with Crippen molar-refractivity contribution in [3.05, 3.63) is 34.1 Å². The second-order valence-corrected chi connectivity index (χ2v) is 5.97. The molecule has 1 aromatic carbocycles. The molecule has 19 heavy (non-hydrogen) atoms.